The van der Waals surface area contributed by atoms with Gasteiger partial charge in [0.2, 0.25) is 0 Å². The van der Waals surface area contributed by atoms with Gasteiger partial charge in [0, 0.05) is 13.1 Å². The average molecular weight is 380 g/mol. The van der Waals surface area contributed by atoms with Crippen LogP contribution >= 0.6 is 0 Å². The van der Waals surface area contributed by atoms with Crippen LogP contribution in [0.2, 0.25) is 0 Å². The van der Waals surface area contributed by atoms with Crippen LogP contribution in [-0.4, -0.2) is 47.7 Å². The molecular formula is C19H25FN2O5. The molecule has 2 rings (SSSR count). The third-order valence-electron chi connectivity index (χ3n) is 3.90. The molecule has 0 radical (unpaired) electrons. The Morgan fingerprint density at radius 2 is 1.89 bits per heavy atom. The molecule has 7 nitrogen and oxygen atoms in total. The second kappa shape index (κ2) is 8.83. The van der Waals surface area contributed by atoms with Crippen LogP contribution in [0.25, 0.3) is 0 Å². The number of likely N-dealkylation sites (tertiary alicyclic amines) is 1. The minimum absolute atomic E-state index is 0.199. The number of carbonyl (C=O) groups is 3. The summed E-state index contributed by atoms with van der Waals surface area (Å²) in [5.74, 6) is -1.46. The molecule has 1 aromatic carbocycles. The van der Waals surface area contributed by atoms with Crippen molar-refractivity contribution in [1.29, 1.82) is 0 Å². The van der Waals surface area contributed by atoms with Crippen molar-refractivity contribution in [2.75, 3.05) is 13.2 Å². The average Bonchev–Trinajstić information content (AvgIpc) is 3.07. The van der Waals surface area contributed by atoms with E-state index in [1.165, 1.54) is 17.0 Å². The van der Waals surface area contributed by atoms with E-state index in [0.29, 0.717) is 19.4 Å². The van der Waals surface area contributed by atoms with Crippen molar-refractivity contribution >= 4 is 18.0 Å². The van der Waals surface area contributed by atoms with Crippen LogP contribution in [0.5, 0.6) is 0 Å². The molecule has 8 heteroatoms. The molecule has 1 heterocycles. The molecule has 0 aliphatic carbocycles. The normalized spacial score (nSPS) is 16.7. The van der Waals surface area contributed by atoms with Crippen molar-refractivity contribution in [3.63, 3.8) is 0 Å². The first-order chi connectivity index (χ1) is 12.7. The number of nitrogens with one attached hydrogen (secondary N) is 1. The highest BCUT2D eigenvalue weighted by Crippen LogP contribution is 2.21. The summed E-state index contributed by atoms with van der Waals surface area (Å²) in [6.45, 7) is 5.41. The lowest BCUT2D eigenvalue weighted by Gasteiger charge is -2.27. The van der Waals surface area contributed by atoms with E-state index in [1.54, 1.807) is 32.9 Å². The van der Waals surface area contributed by atoms with E-state index in [1.807, 2.05) is 0 Å². The van der Waals surface area contributed by atoms with Gasteiger partial charge in [0.15, 0.2) is 6.61 Å². The van der Waals surface area contributed by atoms with Crippen LogP contribution in [-0.2, 0) is 25.6 Å². The summed E-state index contributed by atoms with van der Waals surface area (Å²) in [6.07, 6.45) is 0.563. The van der Waals surface area contributed by atoms with Crippen molar-refractivity contribution in [1.82, 2.24) is 10.2 Å². The predicted octanol–water partition coefficient (Wildman–Crippen LogP) is 2.38. The predicted molar refractivity (Wildman–Crippen MR) is 95.2 cm³/mol. The minimum Gasteiger partial charge on any atom is -0.454 e. The standard InChI is InChI=1S/C19H25FN2O5/c1-19(2,3)27-18(25)22-10-4-5-15(22)17(24)26-12-16(23)21-11-13-6-8-14(20)9-7-13/h6-9,15H,4-5,10-12H2,1-3H3,(H,21,23)/t15-/m0/s1. The highest BCUT2D eigenvalue weighted by atomic mass is 19.1. The van der Waals surface area contributed by atoms with Gasteiger partial charge in [0.25, 0.3) is 5.91 Å². The molecule has 0 aromatic heterocycles. The summed E-state index contributed by atoms with van der Waals surface area (Å²) >= 11 is 0. The highest BCUT2D eigenvalue weighted by molar-refractivity contribution is 5.85. The van der Waals surface area contributed by atoms with Crippen molar-refractivity contribution in [3.8, 4) is 0 Å². The van der Waals surface area contributed by atoms with E-state index in [-0.39, 0.29) is 12.4 Å². The summed E-state index contributed by atoms with van der Waals surface area (Å²) in [4.78, 5) is 37.6. The SMILES string of the molecule is CC(C)(C)OC(=O)N1CCC[C@H]1C(=O)OCC(=O)NCc1ccc(F)cc1. The molecule has 0 saturated carbocycles. The monoisotopic (exact) mass is 380 g/mol. The zero-order chi connectivity index (χ0) is 20.0. The molecule has 2 amide bonds. The third-order valence-corrected chi connectivity index (χ3v) is 3.90. The van der Waals surface area contributed by atoms with Gasteiger partial charge in [0.1, 0.15) is 17.5 Å². The molecule has 0 bridgehead atoms. The Bertz CT molecular complexity index is 684. The lowest BCUT2D eigenvalue weighted by Crippen LogP contribution is -2.44. The fraction of sp³-hybridized carbons (Fsp3) is 0.526. The first-order valence-corrected chi connectivity index (χ1v) is 8.83. The van der Waals surface area contributed by atoms with E-state index in [4.69, 9.17) is 9.47 Å². The fourth-order valence-corrected chi connectivity index (χ4v) is 2.64. The van der Waals surface area contributed by atoms with E-state index in [0.717, 1.165) is 5.56 Å². The fourth-order valence-electron chi connectivity index (χ4n) is 2.64. The van der Waals surface area contributed by atoms with Gasteiger partial charge in [-0.2, -0.15) is 0 Å². The van der Waals surface area contributed by atoms with Crippen LogP contribution in [0.1, 0.15) is 39.2 Å². The minimum atomic E-state index is -0.746. The molecule has 1 fully saturated rings. The van der Waals surface area contributed by atoms with Crippen LogP contribution < -0.4 is 5.32 Å². The topological polar surface area (TPSA) is 84.9 Å². The van der Waals surface area contributed by atoms with Gasteiger partial charge < -0.3 is 14.8 Å². The van der Waals surface area contributed by atoms with Crippen LogP contribution in [0.15, 0.2) is 24.3 Å². The number of halogens is 1. The van der Waals surface area contributed by atoms with Gasteiger partial charge >= 0.3 is 12.1 Å². The maximum absolute atomic E-state index is 12.8. The molecule has 0 spiro atoms. The molecule has 1 atom stereocenters. The Kier molecular flexibility index (Phi) is 6.76. The zero-order valence-electron chi connectivity index (χ0n) is 15.8. The molecule has 1 saturated heterocycles. The number of rotatable bonds is 5. The first kappa shape index (κ1) is 20.7. The third kappa shape index (κ3) is 6.54. The molecule has 1 aromatic rings. The highest BCUT2D eigenvalue weighted by Gasteiger charge is 2.37. The number of benzene rings is 1. The number of nitrogens with zero attached hydrogens (tertiary/aromatic N) is 1. The second-order valence-electron chi connectivity index (χ2n) is 7.34. The van der Waals surface area contributed by atoms with Crippen molar-refractivity contribution in [3.05, 3.63) is 35.6 Å². The maximum Gasteiger partial charge on any atom is 0.411 e. The van der Waals surface area contributed by atoms with Crippen molar-refractivity contribution in [2.45, 2.75) is 51.8 Å². The van der Waals surface area contributed by atoms with Crippen LogP contribution in [0.4, 0.5) is 9.18 Å². The lowest BCUT2D eigenvalue weighted by atomic mass is 10.2. The van der Waals surface area contributed by atoms with Gasteiger partial charge in [-0.15, -0.1) is 0 Å². The number of amides is 2. The number of ether oxygens (including phenoxy) is 2. The Hall–Kier alpha value is -2.64. The molecule has 148 valence electrons. The van der Waals surface area contributed by atoms with Gasteiger partial charge in [-0.25, -0.2) is 14.0 Å². The van der Waals surface area contributed by atoms with Crippen LogP contribution in [0, 0.1) is 5.82 Å². The van der Waals surface area contributed by atoms with E-state index in [2.05, 4.69) is 5.32 Å². The number of hydrogen-bond donors (Lipinski definition) is 1. The second-order valence-corrected chi connectivity index (χ2v) is 7.34. The van der Waals surface area contributed by atoms with Gasteiger partial charge in [-0.3, -0.25) is 9.69 Å². The molecule has 1 aliphatic heterocycles. The largest absolute Gasteiger partial charge is 0.454 e. The van der Waals surface area contributed by atoms with Gasteiger partial charge in [-0.1, -0.05) is 12.1 Å². The van der Waals surface area contributed by atoms with Gasteiger partial charge in [0.05, 0.1) is 0 Å². The van der Waals surface area contributed by atoms with Crippen molar-refractivity contribution < 1.29 is 28.2 Å². The van der Waals surface area contributed by atoms with E-state index < -0.39 is 36.2 Å². The molecule has 1 aliphatic rings. The number of esters is 1. The summed E-state index contributed by atoms with van der Waals surface area (Å²) < 4.78 is 23.2. The summed E-state index contributed by atoms with van der Waals surface area (Å²) in [5.41, 5.74) is 0.0666. The van der Waals surface area contributed by atoms with E-state index in [9.17, 15) is 18.8 Å². The van der Waals surface area contributed by atoms with Crippen molar-refractivity contribution in [2.24, 2.45) is 0 Å². The zero-order valence-corrected chi connectivity index (χ0v) is 15.8. The van der Waals surface area contributed by atoms with Gasteiger partial charge in [-0.05, 0) is 51.3 Å². The molecule has 0 unspecified atom stereocenters. The Morgan fingerprint density at radius 1 is 1.22 bits per heavy atom. The lowest BCUT2D eigenvalue weighted by molar-refractivity contribution is -0.152. The van der Waals surface area contributed by atoms with E-state index >= 15 is 0 Å². The summed E-state index contributed by atoms with van der Waals surface area (Å²) in [7, 11) is 0. The summed E-state index contributed by atoms with van der Waals surface area (Å²) in [5, 5.41) is 2.59. The molecular weight excluding hydrogens is 355 g/mol. The Balaban J connectivity index is 1.79. The molecule has 27 heavy (non-hydrogen) atoms. The molecule has 1 N–H and O–H groups in total. The smallest absolute Gasteiger partial charge is 0.411 e. The number of hydrogen-bond acceptors (Lipinski definition) is 5. The first-order valence-electron chi connectivity index (χ1n) is 8.83. The quantitative estimate of drug-likeness (QED) is 0.793. The maximum atomic E-state index is 12.8. The Morgan fingerprint density at radius 3 is 2.52 bits per heavy atom. The number of carbonyl (C=O) groups excluding carboxylic acids is 3. The van der Waals surface area contributed by atoms with Crippen LogP contribution in [0.3, 0.4) is 0 Å². The Labute approximate surface area is 157 Å². The summed E-state index contributed by atoms with van der Waals surface area (Å²) in [6, 6.07) is 4.96.